The van der Waals surface area contributed by atoms with Crippen molar-refractivity contribution in [2.45, 2.75) is 37.5 Å². The van der Waals surface area contributed by atoms with Crippen molar-refractivity contribution in [1.29, 1.82) is 0 Å². The largest absolute Gasteiger partial charge is 0.243 e. The zero-order valence-electron chi connectivity index (χ0n) is 20.8. The zero-order valence-corrected chi connectivity index (χ0v) is 23.2. The first-order valence-corrected chi connectivity index (χ1v) is 15.1. The minimum atomic E-state index is -3.86. The molecule has 1 saturated heterocycles. The molecule has 1 aliphatic heterocycles. The monoisotopic (exact) mass is 543 g/mol. The van der Waals surface area contributed by atoms with Gasteiger partial charge < -0.3 is 0 Å². The van der Waals surface area contributed by atoms with Gasteiger partial charge in [-0.1, -0.05) is 83.7 Å². The molecule has 1 aliphatic rings. The van der Waals surface area contributed by atoms with Gasteiger partial charge in [-0.3, -0.25) is 0 Å². The van der Waals surface area contributed by atoms with Crippen LogP contribution in [0.25, 0.3) is 5.03 Å². The Balaban J connectivity index is 1.80. The van der Waals surface area contributed by atoms with Crippen molar-refractivity contribution in [2.24, 2.45) is 5.41 Å². The van der Waals surface area contributed by atoms with E-state index in [1.54, 1.807) is 55.5 Å². The van der Waals surface area contributed by atoms with Crippen molar-refractivity contribution in [3.8, 4) is 0 Å². The summed E-state index contributed by atoms with van der Waals surface area (Å²) < 4.78 is 55.4. The van der Waals surface area contributed by atoms with E-state index in [0.29, 0.717) is 10.6 Å². The molecule has 0 aliphatic carbocycles. The first-order valence-electron chi connectivity index (χ1n) is 11.6. The van der Waals surface area contributed by atoms with Crippen LogP contribution in [0.15, 0.2) is 88.2 Å². The molecule has 0 aromatic heterocycles. The van der Waals surface area contributed by atoms with Crippen molar-refractivity contribution >= 4 is 36.5 Å². The van der Waals surface area contributed by atoms with E-state index in [1.165, 1.54) is 4.31 Å². The lowest BCUT2D eigenvalue weighted by Crippen LogP contribution is -2.34. The van der Waals surface area contributed by atoms with Gasteiger partial charge in [0.1, 0.15) is 0 Å². The highest BCUT2D eigenvalue weighted by Gasteiger charge is 2.47. The van der Waals surface area contributed by atoms with Crippen LogP contribution in [0.2, 0.25) is 0 Å². The highest BCUT2D eigenvalue weighted by atomic mass is 35.5. The molecule has 3 aromatic carbocycles. The highest BCUT2D eigenvalue weighted by molar-refractivity contribution is 7.91. The van der Waals surface area contributed by atoms with Gasteiger partial charge in [0, 0.05) is 23.5 Å². The number of hydrogen-bond donors (Lipinski definition) is 0. The van der Waals surface area contributed by atoms with E-state index in [4.69, 9.17) is 11.6 Å². The molecule has 0 amide bonds. The lowest BCUT2D eigenvalue weighted by Gasteiger charge is -2.27. The second-order valence-electron chi connectivity index (χ2n) is 9.88. The predicted molar refractivity (Wildman–Crippen MR) is 145 cm³/mol. The molecule has 1 unspecified atom stereocenters. The topological polar surface area (TPSA) is 71.5 Å². The number of halogens is 1. The van der Waals surface area contributed by atoms with Crippen LogP contribution in [-0.4, -0.2) is 40.0 Å². The van der Waals surface area contributed by atoms with Crippen LogP contribution in [-0.2, 0) is 19.9 Å². The zero-order chi connectivity index (χ0) is 26.3. The van der Waals surface area contributed by atoms with Crippen LogP contribution in [0.4, 0.5) is 0 Å². The van der Waals surface area contributed by atoms with E-state index in [0.717, 1.165) is 22.3 Å². The Hall–Kier alpha value is -2.45. The number of sulfone groups is 1. The molecule has 0 spiro atoms. The molecule has 0 N–H and O–H groups in total. The molecule has 0 radical (unpaired) electrons. The Bertz CT molecular complexity index is 1510. The average Bonchev–Trinajstić information content (AvgIpc) is 3.16. The normalized spacial score (nSPS) is 20.5. The smallest absolute Gasteiger partial charge is 0.224 e. The van der Waals surface area contributed by atoms with Gasteiger partial charge in [0.15, 0.2) is 9.84 Å². The maximum atomic E-state index is 13.6. The lowest BCUT2D eigenvalue weighted by atomic mass is 9.86. The summed E-state index contributed by atoms with van der Waals surface area (Å²) in [7, 11) is -7.59. The summed E-state index contributed by atoms with van der Waals surface area (Å²) in [5.41, 5.74) is 3.27. The summed E-state index contributed by atoms with van der Waals surface area (Å²) in [6, 6.07) is 20.9. The number of aryl methyl sites for hydroxylation is 3. The first kappa shape index (κ1) is 26.6. The third kappa shape index (κ3) is 5.30. The average molecular weight is 544 g/mol. The van der Waals surface area contributed by atoms with E-state index in [2.05, 4.69) is 0 Å². The summed E-state index contributed by atoms with van der Waals surface area (Å²) in [5.74, 6) is -0.263. The fraction of sp³-hybridized carbons (Fsp3) is 0.286. The van der Waals surface area contributed by atoms with Gasteiger partial charge in [0.25, 0.3) is 0 Å². The third-order valence-corrected chi connectivity index (χ3v) is 11.0. The second kappa shape index (κ2) is 9.78. The van der Waals surface area contributed by atoms with Crippen LogP contribution in [0.5, 0.6) is 0 Å². The van der Waals surface area contributed by atoms with Gasteiger partial charge in [-0.25, -0.2) is 16.8 Å². The molecule has 8 heteroatoms. The summed E-state index contributed by atoms with van der Waals surface area (Å²) in [6.07, 6.45) is 0. The van der Waals surface area contributed by atoms with Crippen molar-refractivity contribution in [1.82, 2.24) is 4.31 Å². The molecule has 5 nitrogen and oxygen atoms in total. The number of sulfonamides is 1. The van der Waals surface area contributed by atoms with Gasteiger partial charge in [-0.05, 0) is 56.2 Å². The quantitative estimate of drug-likeness (QED) is 0.397. The van der Waals surface area contributed by atoms with E-state index in [-0.39, 0.29) is 28.6 Å². The summed E-state index contributed by atoms with van der Waals surface area (Å²) in [5, 5.41) is 0.387. The van der Waals surface area contributed by atoms with Gasteiger partial charge in [0.2, 0.25) is 10.0 Å². The molecule has 0 bridgehead atoms. The first-order chi connectivity index (χ1) is 16.8. The lowest BCUT2D eigenvalue weighted by molar-refractivity contribution is 0.400. The molecular formula is C28H30ClNO4S2. The number of hydrogen-bond acceptors (Lipinski definition) is 4. The van der Waals surface area contributed by atoms with E-state index < -0.39 is 25.3 Å². The predicted octanol–water partition coefficient (Wildman–Crippen LogP) is 5.75. The summed E-state index contributed by atoms with van der Waals surface area (Å²) in [6.45, 7) is 7.56. The molecule has 1 atom stereocenters. The highest BCUT2D eigenvalue weighted by Crippen LogP contribution is 2.45. The molecular weight excluding hydrogens is 514 g/mol. The molecule has 36 heavy (non-hydrogen) atoms. The SMILES string of the molecule is Cc1ccc(/C(Cl)=C2/CN(S(=O)(=O)c3ccc(C)cc3)CC2(C)CS(=O)(=O)c2ccc(C)cc2)cc1. The van der Waals surface area contributed by atoms with Gasteiger partial charge in [0.05, 0.1) is 15.5 Å². The van der Waals surface area contributed by atoms with Crippen molar-refractivity contribution in [3.05, 3.63) is 101 Å². The van der Waals surface area contributed by atoms with Gasteiger partial charge in [-0.2, -0.15) is 4.31 Å². The molecule has 3 aromatic rings. The van der Waals surface area contributed by atoms with Crippen molar-refractivity contribution < 1.29 is 16.8 Å². The Morgan fingerprint density at radius 3 is 1.72 bits per heavy atom. The Morgan fingerprint density at radius 1 is 0.778 bits per heavy atom. The Kier molecular flexibility index (Phi) is 7.23. The third-order valence-electron chi connectivity index (χ3n) is 6.71. The number of benzene rings is 3. The van der Waals surface area contributed by atoms with Crippen LogP contribution in [0.3, 0.4) is 0 Å². The van der Waals surface area contributed by atoms with Crippen LogP contribution >= 0.6 is 11.6 Å². The number of nitrogens with zero attached hydrogens (tertiary/aromatic N) is 1. The van der Waals surface area contributed by atoms with Crippen molar-refractivity contribution in [2.75, 3.05) is 18.8 Å². The van der Waals surface area contributed by atoms with Crippen LogP contribution in [0, 0.1) is 26.2 Å². The number of rotatable bonds is 6. The van der Waals surface area contributed by atoms with Gasteiger partial charge >= 0.3 is 0 Å². The summed E-state index contributed by atoms with van der Waals surface area (Å²) >= 11 is 6.89. The minimum Gasteiger partial charge on any atom is -0.224 e. The minimum absolute atomic E-state index is 0.00567. The maximum absolute atomic E-state index is 13.6. The molecule has 0 saturated carbocycles. The molecule has 4 rings (SSSR count). The van der Waals surface area contributed by atoms with E-state index in [9.17, 15) is 16.8 Å². The fourth-order valence-corrected chi connectivity index (χ4v) is 8.29. The van der Waals surface area contributed by atoms with Crippen LogP contribution in [0.1, 0.15) is 29.2 Å². The molecule has 190 valence electrons. The van der Waals surface area contributed by atoms with E-state index >= 15 is 0 Å². The van der Waals surface area contributed by atoms with Gasteiger partial charge in [-0.15, -0.1) is 0 Å². The van der Waals surface area contributed by atoms with Crippen molar-refractivity contribution in [3.63, 3.8) is 0 Å². The molecule has 1 fully saturated rings. The second-order valence-corrected chi connectivity index (χ2v) is 14.2. The molecule has 1 heterocycles. The maximum Gasteiger partial charge on any atom is 0.243 e. The van der Waals surface area contributed by atoms with Crippen LogP contribution < -0.4 is 0 Å². The fourth-order valence-electron chi connectivity index (χ4n) is 4.53. The Labute approximate surface area is 219 Å². The summed E-state index contributed by atoms with van der Waals surface area (Å²) in [4.78, 5) is 0.379. The van der Waals surface area contributed by atoms with E-state index in [1.807, 2.05) is 45.0 Å². The Morgan fingerprint density at radius 2 is 1.22 bits per heavy atom. The standard InChI is InChI=1S/C28H30ClNO4S2/c1-20-5-11-23(12-6-20)27(29)26-17-30(36(33,34)25-15-9-22(3)10-16-25)18-28(26,4)19-35(31,32)24-13-7-21(2)8-14-24/h5-16H,17-19H2,1-4H3/b27-26+.